The summed E-state index contributed by atoms with van der Waals surface area (Å²) in [5.74, 6) is 0.673. The highest BCUT2D eigenvalue weighted by Gasteiger charge is 2.36. The number of hydrogen-bond acceptors (Lipinski definition) is 7. The molecule has 1 unspecified atom stereocenters. The van der Waals surface area contributed by atoms with Gasteiger partial charge in [0, 0.05) is 68.0 Å². The number of benzene rings is 2. The number of thiazole rings is 1. The third-order valence-electron chi connectivity index (χ3n) is 7.37. The van der Waals surface area contributed by atoms with E-state index in [4.69, 9.17) is 4.74 Å². The standard InChI is InChI=1S/C27H27N5O4S/c1-36-25-21(6-5-18-14-22(33)29-24(18)25)17-3-2-4-19(13-17)32-16-20(15-23(32)34)30-8-10-31(11-9-30)27(35)26-28-7-12-37-26/h2-7,12-13,20H,8-11,14-16H2,1H3,(H,29,33). The smallest absolute Gasteiger partial charge is 0.282 e. The Morgan fingerprint density at radius 3 is 2.73 bits per heavy atom. The molecule has 1 aromatic heterocycles. The van der Waals surface area contributed by atoms with Gasteiger partial charge in [0.05, 0.1) is 19.2 Å². The number of amides is 3. The Hall–Kier alpha value is -3.76. The number of aromatic nitrogens is 1. The van der Waals surface area contributed by atoms with Crippen LogP contribution >= 0.6 is 11.3 Å². The predicted molar refractivity (Wildman–Crippen MR) is 141 cm³/mol. The highest BCUT2D eigenvalue weighted by molar-refractivity contribution is 7.11. The molecule has 10 heteroatoms. The van der Waals surface area contributed by atoms with Gasteiger partial charge in [0.1, 0.15) is 5.75 Å². The first-order chi connectivity index (χ1) is 18.0. The number of nitrogens with zero attached hydrogens (tertiary/aromatic N) is 4. The van der Waals surface area contributed by atoms with Crippen LogP contribution in [0.1, 0.15) is 21.8 Å². The first-order valence-electron chi connectivity index (χ1n) is 12.3. The SMILES string of the molecule is COc1c(-c2cccc(N3CC(N4CCN(C(=O)c5nccs5)CC4)CC3=O)c2)ccc2c1NC(=O)C2. The van der Waals surface area contributed by atoms with Gasteiger partial charge >= 0.3 is 0 Å². The molecule has 6 rings (SSSR count). The van der Waals surface area contributed by atoms with Crippen molar-refractivity contribution in [2.45, 2.75) is 18.9 Å². The summed E-state index contributed by atoms with van der Waals surface area (Å²) >= 11 is 1.36. The Kier molecular flexibility index (Phi) is 6.13. The van der Waals surface area contributed by atoms with E-state index in [0.29, 0.717) is 43.2 Å². The second-order valence-corrected chi connectivity index (χ2v) is 10.4. The van der Waals surface area contributed by atoms with Gasteiger partial charge in [-0.05, 0) is 23.3 Å². The number of hydrogen-bond donors (Lipinski definition) is 1. The summed E-state index contributed by atoms with van der Waals surface area (Å²) in [6.07, 6.45) is 2.46. The van der Waals surface area contributed by atoms with Crippen LogP contribution in [0, 0.1) is 0 Å². The van der Waals surface area contributed by atoms with Crippen LogP contribution in [0.3, 0.4) is 0 Å². The van der Waals surface area contributed by atoms with E-state index in [1.54, 1.807) is 13.3 Å². The van der Waals surface area contributed by atoms with Crippen molar-refractivity contribution in [2.24, 2.45) is 0 Å². The molecule has 1 N–H and O–H groups in total. The van der Waals surface area contributed by atoms with E-state index < -0.39 is 0 Å². The number of ether oxygens (including phenoxy) is 1. The van der Waals surface area contributed by atoms with Crippen LogP contribution in [0.25, 0.3) is 11.1 Å². The molecule has 0 saturated carbocycles. The van der Waals surface area contributed by atoms with Crippen molar-refractivity contribution in [1.82, 2.24) is 14.8 Å². The molecule has 3 amide bonds. The lowest BCUT2D eigenvalue weighted by molar-refractivity contribution is -0.117. The second kappa shape index (κ2) is 9.60. The Balaban J connectivity index is 1.16. The number of piperazine rings is 1. The molecule has 9 nitrogen and oxygen atoms in total. The topological polar surface area (TPSA) is 95.1 Å². The van der Waals surface area contributed by atoms with Crippen molar-refractivity contribution < 1.29 is 19.1 Å². The Morgan fingerprint density at radius 2 is 1.97 bits per heavy atom. The molecule has 37 heavy (non-hydrogen) atoms. The summed E-state index contributed by atoms with van der Waals surface area (Å²) in [6, 6.07) is 11.9. The van der Waals surface area contributed by atoms with Gasteiger partial charge in [-0.25, -0.2) is 4.98 Å². The molecule has 2 aromatic carbocycles. The monoisotopic (exact) mass is 517 g/mol. The zero-order valence-electron chi connectivity index (χ0n) is 20.5. The molecule has 190 valence electrons. The van der Waals surface area contributed by atoms with Gasteiger partial charge in [-0.3, -0.25) is 19.3 Å². The average Bonchev–Trinajstić information content (AvgIpc) is 3.67. The maximum atomic E-state index is 13.1. The predicted octanol–water partition coefficient (Wildman–Crippen LogP) is 2.88. The Bertz CT molecular complexity index is 1370. The molecular weight excluding hydrogens is 490 g/mol. The van der Waals surface area contributed by atoms with Crippen LogP contribution in [-0.4, -0.2) is 78.4 Å². The Labute approximate surface area is 218 Å². The fourth-order valence-electron chi connectivity index (χ4n) is 5.48. The van der Waals surface area contributed by atoms with Crippen LogP contribution in [0.4, 0.5) is 11.4 Å². The lowest BCUT2D eigenvalue weighted by Crippen LogP contribution is -2.52. The molecule has 3 aliphatic heterocycles. The van der Waals surface area contributed by atoms with Crippen LogP contribution < -0.4 is 15.0 Å². The fraction of sp³-hybridized carbons (Fsp3) is 0.333. The number of fused-ring (bicyclic) bond motifs is 1. The summed E-state index contributed by atoms with van der Waals surface area (Å²) in [5.41, 5.74) is 4.28. The lowest BCUT2D eigenvalue weighted by atomic mass is 10.00. The van der Waals surface area contributed by atoms with E-state index in [2.05, 4.69) is 15.2 Å². The van der Waals surface area contributed by atoms with E-state index in [1.165, 1.54) is 11.3 Å². The molecule has 0 bridgehead atoms. The average molecular weight is 518 g/mol. The maximum absolute atomic E-state index is 13.1. The summed E-state index contributed by atoms with van der Waals surface area (Å²) in [6.45, 7) is 3.35. The second-order valence-electron chi connectivity index (χ2n) is 9.48. The molecule has 3 aliphatic rings. The summed E-state index contributed by atoms with van der Waals surface area (Å²) in [4.78, 5) is 47.7. The first kappa shape index (κ1) is 23.6. The summed E-state index contributed by atoms with van der Waals surface area (Å²) < 4.78 is 5.69. The van der Waals surface area contributed by atoms with Gasteiger partial charge < -0.3 is 19.9 Å². The van der Waals surface area contributed by atoms with E-state index in [9.17, 15) is 14.4 Å². The van der Waals surface area contributed by atoms with Crippen molar-refractivity contribution in [1.29, 1.82) is 0 Å². The van der Waals surface area contributed by atoms with E-state index in [-0.39, 0.29) is 23.8 Å². The van der Waals surface area contributed by atoms with E-state index >= 15 is 0 Å². The van der Waals surface area contributed by atoms with Crippen LogP contribution in [0.2, 0.25) is 0 Å². The van der Waals surface area contributed by atoms with Crippen molar-refractivity contribution >= 4 is 40.4 Å². The van der Waals surface area contributed by atoms with Crippen LogP contribution in [-0.2, 0) is 16.0 Å². The van der Waals surface area contributed by atoms with Crippen LogP contribution in [0.15, 0.2) is 48.0 Å². The molecule has 2 saturated heterocycles. The van der Waals surface area contributed by atoms with Crippen molar-refractivity contribution in [3.05, 3.63) is 58.5 Å². The number of rotatable bonds is 5. The van der Waals surface area contributed by atoms with Gasteiger partial charge in [-0.2, -0.15) is 0 Å². The van der Waals surface area contributed by atoms with E-state index in [0.717, 1.165) is 41.2 Å². The number of carbonyl (C=O) groups excluding carboxylic acids is 3. The van der Waals surface area contributed by atoms with Gasteiger partial charge in [-0.1, -0.05) is 24.3 Å². The molecular formula is C27H27N5O4S. The van der Waals surface area contributed by atoms with Gasteiger partial charge in [0.2, 0.25) is 11.8 Å². The third-order valence-corrected chi connectivity index (χ3v) is 8.13. The fourth-order valence-corrected chi connectivity index (χ4v) is 6.08. The molecule has 3 aromatic rings. The molecule has 0 aliphatic carbocycles. The van der Waals surface area contributed by atoms with Gasteiger partial charge in [0.15, 0.2) is 5.01 Å². The number of carbonyl (C=O) groups is 3. The number of nitrogens with one attached hydrogen (secondary N) is 1. The molecule has 0 radical (unpaired) electrons. The van der Waals surface area contributed by atoms with Gasteiger partial charge in [0.25, 0.3) is 5.91 Å². The number of anilines is 2. The number of methoxy groups -OCH3 is 1. The quantitative estimate of drug-likeness (QED) is 0.559. The summed E-state index contributed by atoms with van der Waals surface area (Å²) in [7, 11) is 1.60. The third kappa shape index (κ3) is 4.36. The highest BCUT2D eigenvalue weighted by Crippen LogP contribution is 2.42. The minimum absolute atomic E-state index is 0.0165. The molecule has 0 spiro atoms. The Morgan fingerprint density at radius 1 is 1.14 bits per heavy atom. The van der Waals surface area contributed by atoms with Gasteiger partial charge in [-0.15, -0.1) is 11.3 Å². The zero-order valence-corrected chi connectivity index (χ0v) is 21.3. The van der Waals surface area contributed by atoms with E-state index in [1.807, 2.05) is 51.6 Å². The van der Waals surface area contributed by atoms with Crippen molar-refractivity contribution in [2.75, 3.05) is 50.1 Å². The zero-order chi connectivity index (χ0) is 25.5. The maximum Gasteiger partial charge on any atom is 0.282 e. The van der Waals surface area contributed by atoms with Crippen molar-refractivity contribution in [3.8, 4) is 16.9 Å². The minimum Gasteiger partial charge on any atom is -0.494 e. The minimum atomic E-state index is -0.0405. The van der Waals surface area contributed by atoms with Crippen LogP contribution in [0.5, 0.6) is 5.75 Å². The normalized spacial score (nSPS) is 19.8. The molecule has 1 atom stereocenters. The molecule has 2 fully saturated rings. The highest BCUT2D eigenvalue weighted by atomic mass is 32.1. The summed E-state index contributed by atoms with van der Waals surface area (Å²) in [5, 5.41) is 5.24. The largest absolute Gasteiger partial charge is 0.494 e. The first-order valence-corrected chi connectivity index (χ1v) is 13.2. The van der Waals surface area contributed by atoms with Crippen molar-refractivity contribution in [3.63, 3.8) is 0 Å². The lowest BCUT2D eigenvalue weighted by Gasteiger charge is -2.37. The molecule has 4 heterocycles.